The maximum Gasteiger partial charge on any atom is 0.303 e. The molecule has 0 atom stereocenters. The Kier molecular flexibility index (Phi) is 4.03. The van der Waals surface area contributed by atoms with E-state index >= 15 is 0 Å². The Morgan fingerprint density at radius 3 is 2.84 bits per heavy atom. The van der Waals surface area contributed by atoms with Crippen molar-refractivity contribution in [1.82, 2.24) is 14.3 Å². The lowest BCUT2D eigenvalue weighted by atomic mass is 10.3. The molecule has 104 valence electrons. The van der Waals surface area contributed by atoms with Crippen LogP contribution in [0.4, 0.5) is 5.95 Å². The van der Waals surface area contributed by atoms with Gasteiger partial charge in [0.1, 0.15) is 0 Å². The number of hydrogen-bond donors (Lipinski definition) is 3. The number of imidazole rings is 1. The van der Waals surface area contributed by atoms with Crippen molar-refractivity contribution in [2.75, 3.05) is 24.9 Å². The van der Waals surface area contributed by atoms with Gasteiger partial charge < -0.3 is 10.7 Å². The average molecular weight is 283 g/mol. The predicted molar refractivity (Wildman–Crippen MR) is 74.9 cm³/mol. The zero-order valence-electron chi connectivity index (χ0n) is 10.6. The van der Waals surface area contributed by atoms with Crippen LogP contribution in [0.2, 0.25) is 0 Å². The summed E-state index contributed by atoms with van der Waals surface area (Å²) in [6.45, 7) is 0.816. The Hall–Kier alpha value is -1.64. The molecular formula is C11H17N5O2S. The summed E-state index contributed by atoms with van der Waals surface area (Å²) in [6.07, 6.45) is 0.609. The summed E-state index contributed by atoms with van der Waals surface area (Å²) in [6, 6.07) is 7.33. The van der Waals surface area contributed by atoms with Crippen LogP contribution < -0.4 is 10.5 Å². The predicted octanol–water partition coefficient (Wildman–Crippen LogP) is 0.500. The average Bonchev–Trinajstić information content (AvgIpc) is 2.76. The van der Waals surface area contributed by atoms with Crippen LogP contribution in [0.25, 0.3) is 11.0 Å². The first-order valence-corrected chi connectivity index (χ1v) is 7.36. The minimum absolute atomic E-state index is 0.209. The number of aromatic nitrogens is 2. The molecule has 0 saturated heterocycles. The lowest BCUT2D eigenvalue weighted by molar-refractivity contribution is 0.468. The molecule has 19 heavy (non-hydrogen) atoms. The van der Waals surface area contributed by atoms with Gasteiger partial charge in [0.05, 0.1) is 11.0 Å². The van der Waals surface area contributed by atoms with Crippen molar-refractivity contribution in [3.8, 4) is 0 Å². The van der Waals surface area contributed by atoms with Crippen LogP contribution in [0.3, 0.4) is 0 Å². The fraction of sp³-hybridized carbons (Fsp3) is 0.364. The van der Waals surface area contributed by atoms with Gasteiger partial charge in [-0.1, -0.05) is 12.1 Å². The molecule has 0 fully saturated rings. The number of nitrogens with one attached hydrogen (secondary N) is 2. The number of nitrogens with zero attached hydrogens (tertiary/aromatic N) is 2. The molecule has 0 aliphatic rings. The third kappa shape index (κ3) is 3.22. The van der Waals surface area contributed by atoms with E-state index in [0.717, 1.165) is 5.52 Å². The normalized spacial score (nSPS) is 12.2. The van der Waals surface area contributed by atoms with Crippen molar-refractivity contribution in [3.63, 3.8) is 0 Å². The number of benzene rings is 1. The highest BCUT2D eigenvalue weighted by Gasteiger charge is 2.18. The molecule has 0 radical (unpaired) electrons. The number of rotatable bonds is 6. The number of anilines is 1. The molecule has 7 nitrogen and oxygen atoms in total. The van der Waals surface area contributed by atoms with E-state index in [0.29, 0.717) is 25.0 Å². The number of aromatic amines is 1. The lowest BCUT2D eigenvalue weighted by Gasteiger charge is -2.16. The topological polar surface area (TPSA) is 104 Å². The largest absolute Gasteiger partial charge is 0.330 e. The monoisotopic (exact) mass is 283 g/mol. The van der Waals surface area contributed by atoms with Crippen molar-refractivity contribution in [2.24, 2.45) is 5.73 Å². The van der Waals surface area contributed by atoms with E-state index < -0.39 is 10.2 Å². The second-order valence-corrected chi connectivity index (χ2v) is 5.95. The van der Waals surface area contributed by atoms with E-state index in [9.17, 15) is 8.42 Å². The molecule has 0 bridgehead atoms. The molecule has 0 saturated carbocycles. The molecule has 0 spiro atoms. The fourth-order valence-electron chi connectivity index (χ4n) is 1.64. The number of nitrogens with two attached hydrogens (primary N) is 1. The van der Waals surface area contributed by atoms with Crippen molar-refractivity contribution in [1.29, 1.82) is 0 Å². The second kappa shape index (κ2) is 5.55. The summed E-state index contributed by atoms with van der Waals surface area (Å²) in [5.41, 5.74) is 6.86. The van der Waals surface area contributed by atoms with Crippen LogP contribution >= 0.6 is 0 Å². The second-order valence-electron chi connectivity index (χ2n) is 4.17. The van der Waals surface area contributed by atoms with Crippen molar-refractivity contribution in [3.05, 3.63) is 24.3 Å². The highest BCUT2D eigenvalue weighted by atomic mass is 32.2. The van der Waals surface area contributed by atoms with E-state index in [2.05, 4.69) is 14.7 Å². The van der Waals surface area contributed by atoms with Crippen LogP contribution in [0.15, 0.2) is 24.3 Å². The minimum atomic E-state index is -3.60. The van der Waals surface area contributed by atoms with Crippen LogP contribution in [0.1, 0.15) is 6.42 Å². The minimum Gasteiger partial charge on any atom is -0.330 e. The van der Waals surface area contributed by atoms with Gasteiger partial charge in [0, 0.05) is 13.6 Å². The van der Waals surface area contributed by atoms with Gasteiger partial charge in [-0.25, -0.2) is 9.71 Å². The van der Waals surface area contributed by atoms with Gasteiger partial charge in [-0.05, 0) is 25.1 Å². The molecule has 4 N–H and O–H groups in total. The zero-order valence-corrected chi connectivity index (χ0v) is 11.4. The molecule has 2 rings (SSSR count). The van der Waals surface area contributed by atoms with Crippen LogP contribution in [0, 0.1) is 0 Å². The van der Waals surface area contributed by atoms with Crippen LogP contribution in [0.5, 0.6) is 0 Å². The highest BCUT2D eigenvalue weighted by molar-refractivity contribution is 7.90. The molecular weight excluding hydrogens is 266 g/mol. The zero-order chi connectivity index (χ0) is 13.9. The standard InChI is InChI=1S/C11H17N5O2S/c1-16(8-4-7-12)19(17,18)15-11-13-9-5-2-3-6-10(9)14-11/h2-3,5-6H,4,7-8,12H2,1H3,(H2,13,14,15). The first-order valence-electron chi connectivity index (χ1n) is 5.92. The van der Waals surface area contributed by atoms with Crippen LogP contribution in [-0.4, -0.2) is 42.8 Å². The van der Waals surface area contributed by atoms with Gasteiger partial charge >= 0.3 is 10.2 Å². The maximum atomic E-state index is 12.0. The quantitative estimate of drug-likeness (QED) is 0.718. The van der Waals surface area contributed by atoms with Gasteiger partial charge in [0.25, 0.3) is 0 Å². The first-order chi connectivity index (χ1) is 9.03. The number of para-hydroxylation sites is 2. The lowest BCUT2D eigenvalue weighted by Crippen LogP contribution is -2.34. The smallest absolute Gasteiger partial charge is 0.303 e. The van der Waals surface area contributed by atoms with E-state index in [1.807, 2.05) is 24.3 Å². The Labute approximate surface area is 112 Å². The van der Waals surface area contributed by atoms with Crippen molar-refractivity contribution < 1.29 is 8.42 Å². The molecule has 8 heteroatoms. The van der Waals surface area contributed by atoms with E-state index in [4.69, 9.17) is 5.73 Å². The summed E-state index contributed by atoms with van der Waals surface area (Å²) < 4.78 is 27.6. The number of hydrogen-bond acceptors (Lipinski definition) is 4. The maximum absolute atomic E-state index is 12.0. The fourth-order valence-corrected chi connectivity index (χ4v) is 2.50. The summed E-state index contributed by atoms with van der Waals surface area (Å²) >= 11 is 0. The van der Waals surface area contributed by atoms with Gasteiger partial charge in [-0.15, -0.1) is 0 Å². The molecule has 0 unspecified atom stereocenters. The SMILES string of the molecule is CN(CCCN)S(=O)(=O)Nc1nc2ccccc2[nH]1. The summed E-state index contributed by atoms with van der Waals surface area (Å²) in [7, 11) is -2.10. The van der Waals surface area contributed by atoms with Crippen LogP contribution in [-0.2, 0) is 10.2 Å². The van der Waals surface area contributed by atoms with E-state index in [1.54, 1.807) is 0 Å². The van der Waals surface area contributed by atoms with Crippen molar-refractivity contribution in [2.45, 2.75) is 6.42 Å². The Bertz CT molecular complexity index is 619. The Balaban J connectivity index is 2.15. The highest BCUT2D eigenvalue weighted by Crippen LogP contribution is 2.14. The summed E-state index contributed by atoms with van der Waals surface area (Å²) in [5, 5.41) is 0. The van der Waals surface area contributed by atoms with Gasteiger partial charge in [-0.2, -0.15) is 12.7 Å². The molecule has 0 amide bonds. The third-order valence-corrected chi connectivity index (χ3v) is 4.16. The Morgan fingerprint density at radius 2 is 2.16 bits per heavy atom. The van der Waals surface area contributed by atoms with Gasteiger partial charge in [-0.3, -0.25) is 0 Å². The van der Waals surface area contributed by atoms with E-state index in [1.165, 1.54) is 11.4 Å². The molecule has 0 aliphatic heterocycles. The molecule has 1 aromatic heterocycles. The molecule has 1 heterocycles. The summed E-state index contributed by atoms with van der Waals surface area (Å²) in [5.74, 6) is 0.209. The van der Waals surface area contributed by atoms with Gasteiger partial charge in [0.2, 0.25) is 5.95 Å². The Morgan fingerprint density at radius 1 is 1.42 bits per heavy atom. The van der Waals surface area contributed by atoms with Gasteiger partial charge in [0.15, 0.2) is 0 Å². The third-order valence-electron chi connectivity index (χ3n) is 2.70. The van der Waals surface area contributed by atoms with E-state index in [-0.39, 0.29) is 5.95 Å². The molecule has 0 aliphatic carbocycles. The first kappa shape index (κ1) is 13.8. The van der Waals surface area contributed by atoms with Crippen molar-refractivity contribution >= 4 is 27.2 Å². The number of H-pyrrole nitrogens is 1. The number of fused-ring (bicyclic) bond motifs is 1. The molecule has 1 aromatic carbocycles. The molecule has 2 aromatic rings. The summed E-state index contributed by atoms with van der Waals surface area (Å²) in [4.78, 5) is 7.07.